The van der Waals surface area contributed by atoms with Gasteiger partial charge in [0.15, 0.2) is 0 Å². The van der Waals surface area contributed by atoms with Crippen molar-refractivity contribution in [2.24, 2.45) is 5.92 Å². The summed E-state index contributed by atoms with van der Waals surface area (Å²) in [5.41, 5.74) is 1.72. The number of nitrogens with one attached hydrogen (secondary N) is 2. The minimum absolute atomic E-state index is 0.0142. The van der Waals surface area contributed by atoms with Gasteiger partial charge >= 0.3 is 0 Å². The minimum Gasteiger partial charge on any atom is -0.385 e. The summed E-state index contributed by atoms with van der Waals surface area (Å²) in [4.78, 5) is 11.7. The number of carbonyl (C=O) groups is 1. The van der Waals surface area contributed by atoms with Crippen molar-refractivity contribution in [2.45, 2.75) is 27.2 Å². The molecule has 0 spiro atoms. The SMILES string of the molecule is CCNC(=O)c1cccc(NCC(C)CC)c1. The molecular weight excluding hydrogens is 212 g/mol. The molecule has 1 unspecified atom stereocenters. The summed E-state index contributed by atoms with van der Waals surface area (Å²) in [6, 6.07) is 7.63. The molecule has 0 aliphatic carbocycles. The quantitative estimate of drug-likeness (QED) is 0.794. The average molecular weight is 234 g/mol. The molecule has 1 aromatic rings. The molecule has 1 rings (SSSR count). The maximum atomic E-state index is 11.7. The standard InChI is InChI=1S/C14H22N2O/c1-4-11(3)10-16-13-8-6-7-12(9-13)14(17)15-5-2/h6-9,11,16H,4-5,10H2,1-3H3,(H,15,17). The number of hydrogen-bond donors (Lipinski definition) is 2. The number of anilines is 1. The van der Waals surface area contributed by atoms with E-state index in [9.17, 15) is 4.79 Å². The van der Waals surface area contributed by atoms with E-state index in [1.54, 1.807) is 0 Å². The van der Waals surface area contributed by atoms with Crippen molar-refractivity contribution < 1.29 is 4.79 Å². The minimum atomic E-state index is -0.0142. The highest BCUT2D eigenvalue weighted by Gasteiger charge is 2.05. The fraction of sp³-hybridized carbons (Fsp3) is 0.500. The van der Waals surface area contributed by atoms with Crippen LogP contribution in [-0.2, 0) is 0 Å². The lowest BCUT2D eigenvalue weighted by atomic mass is 10.1. The molecule has 0 fully saturated rings. The molecule has 0 aromatic heterocycles. The molecule has 3 heteroatoms. The van der Waals surface area contributed by atoms with E-state index in [1.165, 1.54) is 0 Å². The topological polar surface area (TPSA) is 41.1 Å². The van der Waals surface area contributed by atoms with Crippen LogP contribution in [-0.4, -0.2) is 19.0 Å². The van der Waals surface area contributed by atoms with Gasteiger partial charge in [-0.3, -0.25) is 4.79 Å². The van der Waals surface area contributed by atoms with Crippen LogP contribution in [0, 0.1) is 5.92 Å². The van der Waals surface area contributed by atoms with Gasteiger partial charge in [-0.1, -0.05) is 26.3 Å². The van der Waals surface area contributed by atoms with Gasteiger partial charge in [0.2, 0.25) is 0 Å². The van der Waals surface area contributed by atoms with Crippen molar-refractivity contribution in [1.29, 1.82) is 0 Å². The molecule has 0 bridgehead atoms. The van der Waals surface area contributed by atoms with Crippen LogP contribution in [0.3, 0.4) is 0 Å². The van der Waals surface area contributed by atoms with Crippen molar-refractivity contribution in [3.8, 4) is 0 Å². The maximum Gasteiger partial charge on any atom is 0.251 e. The van der Waals surface area contributed by atoms with Gasteiger partial charge in [-0.2, -0.15) is 0 Å². The first-order chi connectivity index (χ1) is 8.17. The summed E-state index contributed by atoms with van der Waals surface area (Å²) in [6.07, 6.45) is 1.16. The van der Waals surface area contributed by atoms with Crippen LogP contribution in [0.25, 0.3) is 0 Å². The molecule has 0 saturated heterocycles. The monoisotopic (exact) mass is 234 g/mol. The molecule has 2 N–H and O–H groups in total. The van der Waals surface area contributed by atoms with E-state index in [1.807, 2.05) is 31.2 Å². The lowest BCUT2D eigenvalue weighted by Gasteiger charge is -2.12. The number of carbonyl (C=O) groups excluding carboxylic acids is 1. The van der Waals surface area contributed by atoms with Crippen LogP contribution in [0.15, 0.2) is 24.3 Å². The fourth-order valence-electron chi connectivity index (χ4n) is 1.47. The smallest absolute Gasteiger partial charge is 0.251 e. The molecule has 0 aliphatic rings. The van der Waals surface area contributed by atoms with Crippen molar-refractivity contribution in [1.82, 2.24) is 5.32 Å². The summed E-state index contributed by atoms with van der Waals surface area (Å²) in [5.74, 6) is 0.628. The first kappa shape index (κ1) is 13.6. The fourth-order valence-corrected chi connectivity index (χ4v) is 1.47. The van der Waals surface area contributed by atoms with E-state index < -0.39 is 0 Å². The van der Waals surface area contributed by atoms with Gasteiger partial charge in [0.1, 0.15) is 0 Å². The molecule has 17 heavy (non-hydrogen) atoms. The molecule has 94 valence electrons. The van der Waals surface area contributed by atoms with Gasteiger partial charge in [-0.05, 0) is 31.0 Å². The van der Waals surface area contributed by atoms with Crippen LogP contribution >= 0.6 is 0 Å². The number of amides is 1. The van der Waals surface area contributed by atoms with Gasteiger partial charge in [-0.25, -0.2) is 0 Å². The Labute approximate surface area is 104 Å². The lowest BCUT2D eigenvalue weighted by Crippen LogP contribution is -2.22. The molecular formula is C14H22N2O. The number of rotatable bonds is 6. The van der Waals surface area contributed by atoms with Crippen LogP contribution in [0.1, 0.15) is 37.6 Å². The van der Waals surface area contributed by atoms with Gasteiger partial charge < -0.3 is 10.6 Å². The van der Waals surface area contributed by atoms with E-state index in [0.29, 0.717) is 18.0 Å². The van der Waals surface area contributed by atoms with Gasteiger partial charge in [0, 0.05) is 24.3 Å². The van der Waals surface area contributed by atoms with Crippen molar-refractivity contribution in [3.05, 3.63) is 29.8 Å². The third kappa shape index (κ3) is 4.47. The molecule has 0 radical (unpaired) electrons. The first-order valence-electron chi connectivity index (χ1n) is 6.29. The van der Waals surface area contributed by atoms with Crippen LogP contribution in [0.5, 0.6) is 0 Å². The third-order valence-electron chi connectivity index (χ3n) is 2.81. The largest absolute Gasteiger partial charge is 0.385 e. The molecule has 0 aliphatic heterocycles. The summed E-state index contributed by atoms with van der Waals surface area (Å²) in [7, 11) is 0. The zero-order valence-corrected chi connectivity index (χ0v) is 10.9. The second kappa shape index (κ2) is 6.94. The van der Waals surface area contributed by atoms with Gasteiger partial charge in [-0.15, -0.1) is 0 Å². The zero-order chi connectivity index (χ0) is 12.7. The predicted molar refractivity (Wildman–Crippen MR) is 72.4 cm³/mol. The Kier molecular flexibility index (Phi) is 5.53. The van der Waals surface area contributed by atoms with E-state index in [4.69, 9.17) is 0 Å². The van der Waals surface area contributed by atoms with Crippen molar-refractivity contribution in [2.75, 3.05) is 18.4 Å². The second-order valence-corrected chi connectivity index (χ2v) is 4.33. The van der Waals surface area contributed by atoms with Gasteiger partial charge in [0.05, 0.1) is 0 Å². The zero-order valence-electron chi connectivity index (χ0n) is 10.9. The van der Waals surface area contributed by atoms with Crippen molar-refractivity contribution in [3.63, 3.8) is 0 Å². The van der Waals surface area contributed by atoms with Crippen LogP contribution < -0.4 is 10.6 Å². The molecule has 0 saturated carbocycles. The van der Waals surface area contributed by atoms with E-state index in [2.05, 4.69) is 24.5 Å². The highest BCUT2D eigenvalue weighted by atomic mass is 16.1. The third-order valence-corrected chi connectivity index (χ3v) is 2.81. The van der Waals surface area contributed by atoms with Crippen molar-refractivity contribution >= 4 is 11.6 Å². The Hall–Kier alpha value is -1.51. The number of hydrogen-bond acceptors (Lipinski definition) is 2. The van der Waals surface area contributed by atoms with Gasteiger partial charge in [0.25, 0.3) is 5.91 Å². The highest BCUT2D eigenvalue weighted by molar-refractivity contribution is 5.95. The average Bonchev–Trinajstić information content (AvgIpc) is 2.36. The Bertz CT molecular complexity index is 363. The Morgan fingerprint density at radius 3 is 2.76 bits per heavy atom. The summed E-state index contributed by atoms with van der Waals surface area (Å²) in [6.45, 7) is 7.90. The normalized spacial score (nSPS) is 11.9. The van der Waals surface area contributed by atoms with Crippen LogP contribution in [0.2, 0.25) is 0 Å². The first-order valence-corrected chi connectivity index (χ1v) is 6.29. The van der Waals surface area contributed by atoms with E-state index in [-0.39, 0.29) is 5.91 Å². The van der Waals surface area contributed by atoms with Crippen LogP contribution in [0.4, 0.5) is 5.69 Å². The highest BCUT2D eigenvalue weighted by Crippen LogP contribution is 2.12. The molecule has 3 nitrogen and oxygen atoms in total. The molecule has 1 atom stereocenters. The summed E-state index contributed by atoms with van der Waals surface area (Å²) >= 11 is 0. The molecule has 0 heterocycles. The lowest BCUT2D eigenvalue weighted by molar-refractivity contribution is 0.0956. The molecule has 1 aromatic carbocycles. The Morgan fingerprint density at radius 2 is 2.12 bits per heavy atom. The summed E-state index contributed by atoms with van der Waals surface area (Å²) < 4.78 is 0. The predicted octanol–water partition coefficient (Wildman–Crippen LogP) is 2.89. The maximum absolute atomic E-state index is 11.7. The Balaban J connectivity index is 2.62. The summed E-state index contributed by atoms with van der Waals surface area (Å²) in [5, 5.41) is 6.15. The Morgan fingerprint density at radius 1 is 1.35 bits per heavy atom. The second-order valence-electron chi connectivity index (χ2n) is 4.33. The number of benzene rings is 1. The van der Waals surface area contributed by atoms with E-state index in [0.717, 1.165) is 18.7 Å². The molecule has 1 amide bonds. The van der Waals surface area contributed by atoms with E-state index >= 15 is 0 Å².